The van der Waals surface area contributed by atoms with E-state index in [0.29, 0.717) is 5.92 Å². The van der Waals surface area contributed by atoms with Crippen LogP contribution in [-0.4, -0.2) is 6.61 Å². The summed E-state index contributed by atoms with van der Waals surface area (Å²) in [5.74, 6) is 0.337. The van der Waals surface area contributed by atoms with E-state index < -0.39 is 0 Å². The molecule has 1 heterocycles. The fraction of sp³-hybridized carbons (Fsp3) is 0.294. The van der Waals surface area contributed by atoms with Gasteiger partial charge in [-0.1, -0.05) is 42.5 Å². The molecule has 1 fully saturated rings. The number of rotatable bonds is 2. The molecule has 0 spiro atoms. The maximum absolute atomic E-state index is 13.0. The third-order valence-corrected chi connectivity index (χ3v) is 3.80. The van der Waals surface area contributed by atoms with E-state index in [4.69, 9.17) is 4.74 Å². The SMILES string of the molecule is Fc1ccc(C2CC(c3ccccc3)CCO2)cc1. The standard InChI is InChI=1S/C17H17FO/c18-16-8-6-14(7-9-16)17-12-15(10-11-19-17)13-4-2-1-3-5-13/h1-9,15,17H,10-12H2. The quantitative estimate of drug-likeness (QED) is 0.770. The fourth-order valence-electron chi connectivity index (χ4n) is 2.73. The van der Waals surface area contributed by atoms with Gasteiger partial charge < -0.3 is 4.74 Å². The Bertz CT molecular complexity index is 521. The van der Waals surface area contributed by atoms with Crippen LogP contribution in [0.15, 0.2) is 54.6 Å². The maximum Gasteiger partial charge on any atom is 0.123 e. The molecule has 19 heavy (non-hydrogen) atoms. The summed E-state index contributed by atoms with van der Waals surface area (Å²) in [6.07, 6.45) is 2.11. The van der Waals surface area contributed by atoms with Gasteiger partial charge in [-0.15, -0.1) is 0 Å². The minimum Gasteiger partial charge on any atom is -0.373 e. The van der Waals surface area contributed by atoms with Crippen molar-refractivity contribution in [2.45, 2.75) is 24.9 Å². The third-order valence-electron chi connectivity index (χ3n) is 3.80. The molecular weight excluding hydrogens is 239 g/mol. The maximum atomic E-state index is 13.0. The van der Waals surface area contributed by atoms with E-state index in [9.17, 15) is 4.39 Å². The summed E-state index contributed by atoms with van der Waals surface area (Å²) in [5, 5.41) is 0. The number of hydrogen-bond acceptors (Lipinski definition) is 1. The molecule has 0 saturated carbocycles. The average molecular weight is 256 g/mol. The molecule has 1 aliphatic rings. The molecule has 1 saturated heterocycles. The van der Waals surface area contributed by atoms with Gasteiger partial charge in [0, 0.05) is 6.61 Å². The van der Waals surface area contributed by atoms with Gasteiger partial charge in [-0.25, -0.2) is 4.39 Å². The van der Waals surface area contributed by atoms with Gasteiger partial charge in [0.05, 0.1) is 6.10 Å². The minimum atomic E-state index is -0.195. The summed E-state index contributed by atoms with van der Waals surface area (Å²) in [7, 11) is 0. The Kier molecular flexibility index (Phi) is 3.60. The van der Waals surface area contributed by atoms with Crippen LogP contribution in [0.1, 0.15) is 36.0 Å². The predicted molar refractivity (Wildman–Crippen MR) is 73.5 cm³/mol. The average Bonchev–Trinajstić information content (AvgIpc) is 2.49. The smallest absolute Gasteiger partial charge is 0.123 e. The zero-order chi connectivity index (χ0) is 13.1. The molecule has 98 valence electrons. The molecule has 2 aromatic rings. The van der Waals surface area contributed by atoms with Crippen LogP contribution in [-0.2, 0) is 4.74 Å². The highest BCUT2D eigenvalue weighted by Gasteiger charge is 2.24. The highest BCUT2D eigenvalue weighted by Crippen LogP contribution is 2.37. The van der Waals surface area contributed by atoms with E-state index in [-0.39, 0.29) is 11.9 Å². The van der Waals surface area contributed by atoms with Crippen molar-refractivity contribution in [3.8, 4) is 0 Å². The van der Waals surface area contributed by atoms with Crippen molar-refractivity contribution in [2.75, 3.05) is 6.61 Å². The molecule has 1 aliphatic heterocycles. The van der Waals surface area contributed by atoms with Crippen LogP contribution in [0.3, 0.4) is 0 Å². The van der Waals surface area contributed by atoms with Gasteiger partial charge in [0.1, 0.15) is 5.82 Å². The normalized spacial score (nSPS) is 23.2. The Labute approximate surface area is 113 Å². The molecule has 1 nitrogen and oxygen atoms in total. The summed E-state index contributed by atoms with van der Waals surface area (Å²) in [5.41, 5.74) is 2.44. The van der Waals surface area contributed by atoms with E-state index >= 15 is 0 Å². The summed E-state index contributed by atoms with van der Waals surface area (Å²) in [6, 6.07) is 17.2. The van der Waals surface area contributed by atoms with Crippen molar-refractivity contribution in [1.82, 2.24) is 0 Å². The third kappa shape index (κ3) is 2.85. The fourth-order valence-corrected chi connectivity index (χ4v) is 2.73. The van der Waals surface area contributed by atoms with E-state index in [1.54, 1.807) is 0 Å². The van der Waals surface area contributed by atoms with Crippen LogP contribution in [0.2, 0.25) is 0 Å². The number of benzene rings is 2. The van der Waals surface area contributed by atoms with Crippen molar-refractivity contribution in [1.29, 1.82) is 0 Å². The Hall–Kier alpha value is -1.67. The van der Waals surface area contributed by atoms with Crippen molar-refractivity contribution in [2.24, 2.45) is 0 Å². The van der Waals surface area contributed by atoms with Crippen LogP contribution in [0.4, 0.5) is 4.39 Å². The molecule has 2 heteroatoms. The monoisotopic (exact) mass is 256 g/mol. The van der Waals surface area contributed by atoms with E-state index in [1.165, 1.54) is 17.7 Å². The lowest BCUT2D eigenvalue weighted by Gasteiger charge is -2.30. The molecule has 2 atom stereocenters. The molecule has 2 aromatic carbocycles. The highest BCUT2D eigenvalue weighted by molar-refractivity contribution is 5.23. The molecule has 0 amide bonds. The zero-order valence-electron chi connectivity index (χ0n) is 10.8. The number of halogens is 1. The minimum absolute atomic E-state index is 0.0829. The predicted octanol–water partition coefficient (Wildman–Crippen LogP) is 4.46. The molecule has 0 aliphatic carbocycles. The topological polar surface area (TPSA) is 9.23 Å². The lowest BCUT2D eigenvalue weighted by Crippen LogP contribution is -2.18. The summed E-state index contributed by atoms with van der Waals surface area (Å²) >= 11 is 0. The lowest BCUT2D eigenvalue weighted by atomic mass is 9.86. The van der Waals surface area contributed by atoms with Gasteiger partial charge in [-0.3, -0.25) is 0 Å². The van der Waals surface area contributed by atoms with Crippen LogP contribution in [0.25, 0.3) is 0 Å². The zero-order valence-corrected chi connectivity index (χ0v) is 10.8. The summed E-state index contributed by atoms with van der Waals surface area (Å²) in [4.78, 5) is 0. The Balaban J connectivity index is 1.76. The van der Waals surface area contributed by atoms with Crippen molar-refractivity contribution in [3.05, 3.63) is 71.5 Å². The number of hydrogen-bond donors (Lipinski definition) is 0. The largest absolute Gasteiger partial charge is 0.373 e. The Morgan fingerprint density at radius 3 is 2.37 bits per heavy atom. The second-order valence-electron chi connectivity index (χ2n) is 5.04. The van der Waals surface area contributed by atoms with E-state index in [2.05, 4.69) is 24.3 Å². The first-order chi connectivity index (χ1) is 9.33. The Morgan fingerprint density at radius 1 is 0.895 bits per heavy atom. The van der Waals surface area contributed by atoms with Gasteiger partial charge >= 0.3 is 0 Å². The first kappa shape index (κ1) is 12.4. The molecule has 0 N–H and O–H groups in total. The van der Waals surface area contributed by atoms with Crippen molar-refractivity contribution >= 4 is 0 Å². The van der Waals surface area contributed by atoms with Gasteiger partial charge in [0.2, 0.25) is 0 Å². The molecule has 0 bridgehead atoms. The van der Waals surface area contributed by atoms with Crippen LogP contribution >= 0.6 is 0 Å². The van der Waals surface area contributed by atoms with Crippen molar-refractivity contribution < 1.29 is 9.13 Å². The van der Waals surface area contributed by atoms with Crippen LogP contribution in [0, 0.1) is 5.82 Å². The molecular formula is C17H17FO. The molecule has 2 unspecified atom stereocenters. The molecule has 0 aromatic heterocycles. The van der Waals surface area contributed by atoms with E-state index in [0.717, 1.165) is 25.0 Å². The summed E-state index contributed by atoms with van der Waals surface area (Å²) in [6.45, 7) is 0.765. The number of ether oxygens (including phenoxy) is 1. The second-order valence-corrected chi connectivity index (χ2v) is 5.04. The first-order valence-corrected chi connectivity index (χ1v) is 6.75. The Morgan fingerprint density at radius 2 is 1.63 bits per heavy atom. The summed E-state index contributed by atoms with van der Waals surface area (Å²) < 4.78 is 18.8. The van der Waals surface area contributed by atoms with Gasteiger partial charge in [-0.2, -0.15) is 0 Å². The van der Waals surface area contributed by atoms with Crippen LogP contribution in [0.5, 0.6) is 0 Å². The van der Waals surface area contributed by atoms with Gasteiger partial charge in [0.15, 0.2) is 0 Å². The molecule has 3 rings (SSSR count). The first-order valence-electron chi connectivity index (χ1n) is 6.75. The lowest BCUT2D eigenvalue weighted by molar-refractivity contribution is 0.00524. The van der Waals surface area contributed by atoms with Gasteiger partial charge in [0.25, 0.3) is 0 Å². The highest BCUT2D eigenvalue weighted by atomic mass is 19.1. The second kappa shape index (κ2) is 5.54. The van der Waals surface area contributed by atoms with E-state index in [1.807, 2.05) is 18.2 Å². The molecule has 0 radical (unpaired) electrons. The van der Waals surface area contributed by atoms with Crippen molar-refractivity contribution in [3.63, 3.8) is 0 Å². The van der Waals surface area contributed by atoms with Gasteiger partial charge in [-0.05, 0) is 42.0 Å². The van der Waals surface area contributed by atoms with Crippen LogP contribution < -0.4 is 0 Å².